The fraction of sp³-hybridized carbons (Fsp3) is 0.556. The molecule has 0 aromatic carbocycles. The summed E-state index contributed by atoms with van der Waals surface area (Å²) in [6.07, 6.45) is 0. The minimum atomic E-state index is 0. The Kier molecular flexibility index (Phi) is 6.08. The zero-order valence-electron chi connectivity index (χ0n) is 8.28. The predicted molar refractivity (Wildman–Crippen MR) is 59.1 cm³/mol. The van der Waals surface area contributed by atoms with Gasteiger partial charge in [-0.15, -0.1) is 0 Å². The van der Waals surface area contributed by atoms with Gasteiger partial charge in [-0.25, -0.2) is 4.98 Å². The molecule has 0 atom stereocenters. The first-order chi connectivity index (χ1) is 6.17. The second kappa shape index (κ2) is 6.22. The molecule has 0 unspecified atom stereocenters. The van der Waals surface area contributed by atoms with Crippen molar-refractivity contribution < 1.29 is 5.11 Å². The SMILES string of the molecule is CCN(CC)c1nc(C)cc(O)n1.[NaH]. The summed E-state index contributed by atoms with van der Waals surface area (Å²) >= 11 is 0. The van der Waals surface area contributed by atoms with Crippen molar-refractivity contribution in [3.63, 3.8) is 0 Å². The van der Waals surface area contributed by atoms with E-state index < -0.39 is 0 Å². The summed E-state index contributed by atoms with van der Waals surface area (Å²) in [5, 5.41) is 9.26. The van der Waals surface area contributed by atoms with Crippen LogP contribution in [-0.2, 0) is 0 Å². The molecule has 0 aliphatic carbocycles. The minimum absolute atomic E-state index is 0. The molecule has 1 heterocycles. The average molecular weight is 205 g/mol. The van der Waals surface area contributed by atoms with Crippen molar-refractivity contribution in [2.75, 3.05) is 18.0 Å². The molecule has 0 aliphatic heterocycles. The standard InChI is InChI=1S/C9H15N3O.Na.H/c1-4-12(5-2)9-10-7(3)6-8(13)11-9;;/h6H,4-5H2,1-3H3,(H,10,11,13);;. The summed E-state index contributed by atoms with van der Waals surface area (Å²) in [5.74, 6) is 0.636. The second-order valence-corrected chi connectivity index (χ2v) is 2.84. The Morgan fingerprint density at radius 2 is 1.86 bits per heavy atom. The van der Waals surface area contributed by atoms with E-state index in [9.17, 15) is 5.11 Å². The Bertz CT molecular complexity index is 269. The third kappa shape index (κ3) is 3.44. The van der Waals surface area contributed by atoms with Gasteiger partial charge in [-0.1, -0.05) is 0 Å². The third-order valence-electron chi connectivity index (χ3n) is 1.88. The molecule has 0 spiro atoms. The van der Waals surface area contributed by atoms with E-state index in [2.05, 4.69) is 9.97 Å². The molecule has 0 amide bonds. The first-order valence-corrected chi connectivity index (χ1v) is 4.47. The number of hydrogen-bond donors (Lipinski definition) is 1. The van der Waals surface area contributed by atoms with Gasteiger partial charge in [0.15, 0.2) is 0 Å². The van der Waals surface area contributed by atoms with Crippen molar-refractivity contribution in [2.24, 2.45) is 0 Å². The van der Waals surface area contributed by atoms with Crippen molar-refractivity contribution >= 4 is 35.5 Å². The molecule has 5 heteroatoms. The summed E-state index contributed by atoms with van der Waals surface area (Å²) in [7, 11) is 0. The summed E-state index contributed by atoms with van der Waals surface area (Å²) in [4.78, 5) is 10.2. The summed E-state index contributed by atoms with van der Waals surface area (Å²) in [6.45, 7) is 7.60. The van der Waals surface area contributed by atoms with E-state index in [-0.39, 0.29) is 35.4 Å². The number of nitrogens with zero attached hydrogens (tertiary/aromatic N) is 3. The first kappa shape index (κ1) is 13.7. The van der Waals surface area contributed by atoms with E-state index in [0.29, 0.717) is 5.95 Å². The summed E-state index contributed by atoms with van der Waals surface area (Å²) < 4.78 is 0. The van der Waals surface area contributed by atoms with E-state index in [1.807, 2.05) is 25.7 Å². The van der Waals surface area contributed by atoms with Gasteiger partial charge in [-0.05, 0) is 20.8 Å². The summed E-state index contributed by atoms with van der Waals surface area (Å²) in [6, 6.07) is 1.55. The van der Waals surface area contributed by atoms with Crippen molar-refractivity contribution in [1.29, 1.82) is 0 Å². The molecule has 14 heavy (non-hydrogen) atoms. The van der Waals surface area contributed by atoms with E-state index in [4.69, 9.17) is 0 Å². The molecule has 1 aromatic rings. The molecule has 1 rings (SSSR count). The normalized spacial score (nSPS) is 9.36. The van der Waals surface area contributed by atoms with E-state index in [1.54, 1.807) is 6.07 Å². The van der Waals surface area contributed by atoms with Gasteiger partial charge < -0.3 is 10.0 Å². The zero-order chi connectivity index (χ0) is 9.84. The Morgan fingerprint density at radius 1 is 1.29 bits per heavy atom. The number of hydrogen-bond acceptors (Lipinski definition) is 4. The zero-order valence-corrected chi connectivity index (χ0v) is 8.28. The fourth-order valence-corrected chi connectivity index (χ4v) is 1.18. The maximum absolute atomic E-state index is 9.26. The van der Waals surface area contributed by atoms with Gasteiger partial charge in [0.25, 0.3) is 0 Å². The van der Waals surface area contributed by atoms with Gasteiger partial charge in [0.2, 0.25) is 11.8 Å². The van der Waals surface area contributed by atoms with Crippen molar-refractivity contribution in [3.05, 3.63) is 11.8 Å². The average Bonchev–Trinajstić information content (AvgIpc) is 2.04. The van der Waals surface area contributed by atoms with Crippen LogP contribution in [0.2, 0.25) is 0 Å². The van der Waals surface area contributed by atoms with Crippen molar-refractivity contribution in [3.8, 4) is 5.88 Å². The fourth-order valence-electron chi connectivity index (χ4n) is 1.18. The summed E-state index contributed by atoms with van der Waals surface area (Å²) in [5.41, 5.74) is 0.786. The van der Waals surface area contributed by atoms with Gasteiger partial charge in [-0.3, -0.25) is 0 Å². The van der Waals surface area contributed by atoms with Crippen LogP contribution in [0, 0.1) is 6.92 Å². The van der Waals surface area contributed by atoms with E-state index in [0.717, 1.165) is 18.8 Å². The third-order valence-corrected chi connectivity index (χ3v) is 1.88. The molecular weight excluding hydrogens is 189 g/mol. The van der Waals surface area contributed by atoms with Gasteiger partial charge in [0.1, 0.15) is 0 Å². The van der Waals surface area contributed by atoms with Crippen LogP contribution in [0.3, 0.4) is 0 Å². The van der Waals surface area contributed by atoms with Crippen molar-refractivity contribution in [1.82, 2.24) is 9.97 Å². The molecule has 0 aliphatic rings. The second-order valence-electron chi connectivity index (χ2n) is 2.84. The maximum atomic E-state index is 9.26. The molecule has 0 saturated heterocycles. The number of anilines is 1. The Labute approximate surface area is 107 Å². The van der Waals surface area contributed by atoms with E-state index >= 15 is 0 Å². The molecule has 0 radical (unpaired) electrons. The first-order valence-electron chi connectivity index (χ1n) is 4.47. The van der Waals surface area contributed by atoms with Gasteiger partial charge in [0.05, 0.1) is 0 Å². The predicted octanol–water partition coefficient (Wildman–Crippen LogP) is 0.688. The Morgan fingerprint density at radius 3 is 2.29 bits per heavy atom. The quantitative estimate of drug-likeness (QED) is 0.737. The van der Waals surface area contributed by atoms with Crippen LogP contribution in [0.4, 0.5) is 5.95 Å². The van der Waals surface area contributed by atoms with Crippen LogP contribution in [0.25, 0.3) is 0 Å². The monoisotopic (exact) mass is 205 g/mol. The molecule has 1 aromatic heterocycles. The van der Waals surface area contributed by atoms with Gasteiger partial charge in [-0.2, -0.15) is 4.98 Å². The Hall–Kier alpha value is -0.320. The van der Waals surface area contributed by atoms with Crippen LogP contribution < -0.4 is 4.90 Å². The van der Waals surface area contributed by atoms with Crippen molar-refractivity contribution in [2.45, 2.75) is 20.8 Å². The molecule has 1 N–H and O–H groups in total. The van der Waals surface area contributed by atoms with Crippen LogP contribution in [-0.4, -0.2) is 57.7 Å². The number of rotatable bonds is 3. The number of aromatic hydroxyl groups is 1. The molecule has 0 bridgehead atoms. The molecular formula is C9H16N3NaO. The molecule has 4 nitrogen and oxygen atoms in total. The number of aromatic nitrogens is 2. The molecule has 0 fully saturated rings. The Balaban J connectivity index is 0.00000169. The van der Waals surface area contributed by atoms with Gasteiger partial charge in [0, 0.05) is 24.8 Å². The van der Waals surface area contributed by atoms with E-state index in [1.165, 1.54) is 0 Å². The van der Waals surface area contributed by atoms with Crippen LogP contribution in [0.15, 0.2) is 6.07 Å². The van der Waals surface area contributed by atoms with Crippen LogP contribution in [0.1, 0.15) is 19.5 Å². The number of aryl methyl sites for hydroxylation is 1. The topological polar surface area (TPSA) is 49.2 Å². The van der Waals surface area contributed by atoms with Crippen LogP contribution >= 0.6 is 0 Å². The molecule has 74 valence electrons. The molecule has 0 saturated carbocycles. The van der Waals surface area contributed by atoms with Gasteiger partial charge >= 0.3 is 29.6 Å². The van der Waals surface area contributed by atoms with Crippen LogP contribution in [0.5, 0.6) is 5.88 Å².